The van der Waals surface area contributed by atoms with E-state index >= 15 is 0 Å². The Labute approximate surface area is 136 Å². The molecule has 0 spiro atoms. The molecule has 116 valence electrons. The summed E-state index contributed by atoms with van der Waals surface area (Å²) in [4.78, 5) is 4.44. The van der Waals surface area contributed by atoms with Crippen LogP contribution in [0, 0.1) is 0 Å². The van der Waals surface area contributed by atoms with Crippen LogP contribution >= 0.6 is 12.4 Å². The van der Waals surface area contributed by atoms with Crippen LogP contribution < -0.4 is 5.32 Å². The first-order valence-electron chi connectivity index (χ1n) is 7.10. The van der Waals surface area contributed by atoms with E-state index < -0.39 is 6.10 Å². The lowest BCUT2D eigenvalue weighted by atomic mass is 10.0. The van der Waals surface area contributed by atoms with Crippen molar-refractivity contribution in [2.75, 3.05) is 13.6 Å². The van der Waals surface area contributed by atoms with Crippen molar-refractivity contribution in [3.8, 4) is 0 Å². The highest BCUT2D eigenvalue weighted by Crippen LogP contribution is 2.26. The maximum Gasteiger partial charge on any atom is 0.0965 e. The summed E-state index contributed by atoms with van der Waals surface area (Å²) in [5, 5.41) is 13.6. The van der Waals surface area contributed by atoms with Crippen molar-refractivity contribution in [1.29, 1.82) is 0 Å². The van der Waals surface area contributed by atoms with Gasteiger partial charge in [0, 0.05) is 6.54 Å². The Bertz CT molecular complexity index is 714. The lowest BCUT2D eigenvalue weighted by Gasteiger charge is -2.25. The number of nitrogens with one attached hydrogen (secondary N) is 1. The maximum absolute atomic E-state index is 10.6. The molecule has 3 rings (SSSR count). The molecule has 1 aromatic heterocycles. The van der Waals surface area contributed by atoms with Crippen LogP contribution in [0.4, 0.5) is 0 Å². The van der Waals surface area contributed by atoms with Gasteiger partial charge >= 0.3 is 0 Å². The van der Waals surface area contributed by atoms with E-state index in [0.29, 0.717) is 6.54 Å². The van der Waals surface area contributed by atoms with Gasteiger partial charge in [-0.1, -0.05) is 42.5 Å². The second-order valence-electron chi connectivity index (χ2n) is 5.12. The average molecular weight is 318 g/mol. The Kier molecular flexibility index (Phi) is 5.55. The Morgan fingerprint density at radius 1 is 1.09 bits per heavy atom. The number of imidazole rings is 1. The summed E-state index contributed by atoms with van der Waals surface area (Å²) in [6, 6.07) is 17.9. The number of para-hydroxylation sites is 2. The number of hydrogen-bond donors (Lipinski definition) is 2. The largest absolute Gasteiger partial charge is 0.389 e. The number of halogens is 1. The zero-order valence-corrected chi connectivity index (χ0v) is 13.2. The molecule has 0 aliphatic heterocycles. The summed E-state index contributed by atoms with van der Waals surface area (Å²) in [6.07, 6.45) is 1.27. The molecule has 4 nitrogen and oxygen atoms in total. The van der Waals surface area contributed by atoms with Gasteiger partial charge in [0.25, 0.3) is 0 Å². The standard InChI is InChI=1S/C17H19N3O.ClH/c1-18-11-16(21)17(13-7-3-2-4-8-13)20-12-19-14-9-5-6-10-15(14)20;/h2-10,12,16-18,21H,11H2,1H3;1H. The summed E-state index contributed by atoms with van der Waals surface area (Å²) in [5.41, 5.74) is 3.04. The van der Waals surface area contributed by atoms with Crippen LogP contribution in [0.3, 0.4) is 0 Å². The van der Waals surface area contributed by atoms with Gasteiger partial charge in [0.15, 0.2) is 0 Å². The number of hydrogen-bond acceptors (Lipinski definition) is 3. The second-order valence-corrected chi connectivity index (χ2v) is 5.12. The van der Waals surface area contributed by atoms with Gasteiger partial charge in [-0.25, -0.2) is 4.98 Å². The van der Waals surface area contributed by atoms with Crippen molar-refractivity contribution in [1.82, 2.24) is 14.9 Å². The van der Waals surface area contributed by atoms with Crippen molar-refractivity contribution in [3.05, 3.63) is 66.5 Å². The fraction of sp³-hybridized carbons (Fsp3) is 0.235. The SMILES string of the molecule is CNCC(O)C(c1ccccc1)n1cnc2ccccc21.Cl. The average Bonchev–Trinajstić information content (AvgIpc) is 2.93. The summed E-state index contributed by atoms with van der Waals surface area (Å²) in [6.45, 7) is 0.520. The minimum atomic E-state index is -0.532. The highest BCUT2D eigenvalue weighted by Gasteiger charge is 2.23. The van der Waals surface area contributed by atoms with Gasteiger partial charge in [0.05, 0.1) is 29.5 Å². The van der Waals surface area contributed by atoms with E-state index in [2.05, 4.69) is 10.3 Å². The van der Waals surface area contributed by atoms with Gasteiger partial charge in [0.1, 0.15) is 0 Å². The Morgan fingerprint density at radius 3 is 2.50 bits per heavy atom. The van der Waals surface area contributed by atoms with Crippen molar-refractivity contribution >= 4 is 23.4 Å². The summed E-state index contributed by atoms with van der Waals surface area (Å²) < 4.78 is 2.05. The van der Waals surface area contributed by atoms with Crippen molar-refractivity contribution in [3.63, 3.8) is 0 Å². The first kappa shape index (κ1) is 16.5. The summed E-state index contributed by atoms with van der Waals surface area (Å²) in [7, 11) is 1.84. The van der Waals surface area contributed by atoms with Crippen molar-refractivity contribution in [2.45, 2.75) is 12.1 Å². The molecule has 1 heterocycles. The number of fused-ring (bicyclic) bond motifs is 1. The molecule has 0 radical (unpaired) electrons. The van der Waals surface area contributed by atoms with Gasteiger partial charge in [0.2, 0.25) is 0 Å². The lowest BCUT2D eigenvalue weighted by molar-refractivity contribution is 0.132. The summed E-state index contributed by atoms with van der Waals surface area (Å²) >= 11 is 0. The molecular weight excluding hydrogens is 298 g/mol. The van der Waals surface area contributed by atoms with Crippen LogP contribution in [0.15, 0.2) is 60.9 Å². The van der Waals surface area contributed by atoms with E-state index in [1.165, 1.54) is 0 Å². The number of rotatable bonds is 5. The highest BCUT2D eigenvalue weighted by molar-refractivity contribution is 5.85. The van der Waals surface area contributed by atoms with Gasteiger partial charge < -0.3 is 15.0 Å². The van der Waals surface area contributed by atoms with Gasteiger partial charge in [-0.2, -0.15) is 0 Å². The van der Waals surface area contributed by atoms with Crippen molar-refractivity contribution in [2.24, 2.45) is 0 Å². The molecule has 0 amide bonds. The van der Waals surface area contributed by atoms with E-state index in [-0.39, 0.29) is 18.4 Å². The molecule has 2 atom stereocenters. The molecule has 0 saturated heterocycles. The molecule has 2 unspecified atom stereocenters. The zero-order valence-electron chi connectivity index (χ0n) is 12.4. The molecule has 5 heteroatoms. The normalized spacial score (nSPS) is 13.5. The number of benzene rings is 2. The quantitative estimate of drug-likeness (QED) is 0.760. The second kappa shape index (κ2) is 7.40. The highest BCUT2D eigenvalue weighted by atomic mass is 35.5. The molecule has 0 aliphatic carbocycles. The van der Waals surface area contributed by atoms with Crippen LogP contribution in [0.1, 0.15) is 11.6 Å². The Hall–Kier alpha value is -1.88. The van der Waals surface area contributed by atoms with Crippen LogP contribution in [-0.2, 0) is 0 Å². The molecular formula is C17H20ClN3O. The van der Waals surface area contributed by atoms with Gasteiger partial charge in [-0.05, 0) is 24.7 Å². The fourth-order valence-electron chi connectivity index (χ4n) is 2.74. The maximum atomic E-state index is 10.6. The van der Waals surface area contributed by atoms with Crippen molar-refractivity contribution < 1.29 is 5.11 Å². The predicted molar refractivity (Wildman–Crippen MR) is 91.5 cm³/mol. The fourth-order valence-corrected chi connectivity index (χ4v) is 2.74. The van der Waals surface area contributed by atoms with Crippen LogP contribution in [0.2, 0.25) is 0 Å². The van der Waals surface area contributed by atoms with E-state index in [0.717, 1.165) is 16.6 Å². The third-order valence-electron chi connectivity index (χ3n) is 3.70. The van der Waals surface area contributed by atoms with Crippen LogP contribution in [0.25, 0.3) is 11.0 Å². The van der Waals surface area contributed by atoms with Crippen LogP contribution in [-0.4, -0.2) is 34.4 Å². The Balaban J connectivity index is 0.00000176. The molecule has 0 saturated carbocycles. The molecule has 0 bridgehead atoms. The predicted octanol–water partition coefficient (Wildman–Crippen LogP) is 2.63. The Morgan fingerprint density at radius 2 is 1.77 bits per heavy atom. The number of nitrogens with zero attached hydrogens (tertiary/aromatic N) is 2. The molecule has 0 fully saturated rings. The number of aliphatic hydroxyl groups is 1. The topological polar surface area (TPSA) is 50.1 Å². The van der Waals surface area contributed by atoms with Gasteiger partial charge in [-0.3, -0.25) is 0 Å². The van der Waals surface area contributed by atoms with E-state index in [1.54, 1.807) is 6.33 Å². The minimum Gasteiger partial charge on any atom is -0.389 e. The number of aromatic nitrogens is 2. The monoisotopic (exact) mass is 317 g/mol. The zero-order chi connectivity index (χ0) is 14.7. The molecule has 3 aromatic rings. The molecule has 2 N–H and O–H groups in total. The third kappa shape index (κ3) is 3.14. The minimum absolute atomic E-state index is 0. The first-order chi connectivity index (χ1) is 10.3. The lowest BCUT2D eigenvalue weighted by Crippen LogP contribution is -2.33. The third-order valence-corrected chi connectivity index (χ3v) is 3.70. The number of likely N-dealkylation sites (N-methyl/N-ethyl adjacent to an activating group) is 1. The first-order valence-corrected chi connectivity index (χ1v) is 7.10. The molecule has 2 aromatic carbocycles. The van der Waals surface area contributed by atoms with Crippen LogP contribution in [0.5, 0.6) is 0 Å². The number of aliphatic hydroxyl groups excluding tert-OH is 1. The van der Waals surface area contributed by atoms with Gasteiger partial charge in [-0.15, -0.1) is 12.4 Å². The van der Waals surface area contributed by atoms with E-state index in [1.807, 2.05) is 66.2 Å². The summed E-state index contributed by atoms with van der Waals surface area (Å²) in [5.74, 6) is 0. The van der Waals surface area contributed by atoms with E-state index in [9.17, 15) is 5.11 Å². The molecule has 0 aliphatic rings. The molecule has 22 heavy (non-hydrogen) atoms. The van der Waals surface area contributed by atoms with E-state index in [4.69, 9.17) is 0 Å². The smallest absolute Gasteiger partial charge is 0.0965 e.